The molecule has 8 heteroatoms. The summed E-state index contributed by atoms with van der Waals surface area (Å²) in [6.45, 7) is 4.55. The molecule has 3 aromatic carbocycles. The van der Waals surface area contributed by atoms with Crippen molar-refractivity contribution in [3.63, 3.8) is 0 Å². The van der Waals surface area contributed by atoms with Crippen LogP contribution in [0.5, 0.6) is 11.5 Å². The van der Waals surface area contributed by atoms with E-state index in [0.29, 0.717) is 13.0 Å². The Bertz CT molecular complexity index is 1490. The topological polar surface area (TPSA) is 89.9 Å². The maximum atomic E-state index is 11.4. The van der Waals surface area contributed by atoms with Gasteiger partial charge in [0, 0.05) is 22.8 Å². The van der Waals surface area contributed by atoms with Crippen molar-refractivity contribution in [2.75, 3.05) is 24.4 Å². The minimum Gasteiger partial charge on any atom is -0.494 e. The molecule has 5 rings (SSSR count). The number of rotatable bonds is 10. The number of hydrogen-bond acceptors (Lipinski definition) is 6. The molecule has 0 amide bonds. The summed E-state index contributed by atoms with van der Waals surface area (Å²) in [7, 11) is -2.99. The van der Waals surface area contributed by atoms with Crippen molar-refractivity contribution >= 4 is 27.6 Å². The van der Waals surface area contributed by atoms with Gasteiger partial charge in [0.05, 0.1) is 18.8 Å². The molecule has 6 nitrogen and oxygen atoms in total. The van der Waals surface area contributed by atoms with Crippen LogP contribution in [0.1, 0.15) is 59.1 Å². The van der Waals surface area contributed by atoms with Crippen LogP contribution in [0.2, 0.25) is 0 Å². The van der Waals surface area contributed by atoms with Gasteiger partial charge in [-0.2, -0.15) is 0 Å². The first-order chi connectivity index (χ1) is 18.6. The molecular formula is C31H34O6S2. The van der Waals surface area contributed by atoms with Crippen LogP contribution in [0.4, 0.5) is 0 Å². The second kappa shape index (κ2) is 11.3. The van der Waals surface area contributed by atoms with Crippen molar-refractivity contribution in [1.29, 1.82) is 0 Å². The highest BCUT2D eigenvalue weighted by Crippen LogP contribution is 2.45. The number of hydrogen-bond donors (Lipinski definition) is 1. The summed E-state index contributed by atoms with van der Waals surface area (Å²) in [4.78, 5) is 12.3. The van der Waals surface area contributed by atoms with Crippen molar-refractivity contribution in [1.82, 2.24) is 0 Å². The van der Waals surface area contributed by atoms with Crippen LogP contribution in [0.25, 0.3) is 11.1 Å². The Hall–Kier alpha value is -2.97. The van der Waals surface area contributed by atoms with Crippen LogP contribution in [0, 0.1) is 13.8 Å². The van der Waals surface area contributed by atoms with E-state index >= 15 is 0 Å². The quantitative estimate of drug-likeness (QED) is 0.280. The van der Waals surface area contributed by atoms with Crippen LogP contribution in [0.3, 0.4) is 0 Å². The lowest BCUT2D eigenvalue weighted by Crippen LogP contribution is -2.08. The molecule has 206 valence electrons. The van der Waals surface area contributed by atoms with Crippen molar-refractivity contribution in [2.45, 2.75) is 56.4 Å². The molecule has 1 aliphatic heterocycles. The van der Waals surface area contributed by atoms with E-state index in [4.69, 9.17) is 9.47 Å². The molecule has 0 aromatic heterocycles. The molecule has 0 radical (unpaired) electrons. The zero-order valence-electron chi connectivity index (χ0n) is 22.5. The zero-order valence-corrected chi connectivity index (χ0v) is 24.2. The second-order valence-corrected chi connectivity index (χ2v) is 13.9. The van der Waals surface area contributed by atoms with E-state index in [-0.39, 0.29) is 24.2 Å². The number of sulfone groups is 1. The van der Waals surface area contributed by atoms with Crippen LogP contribution in [0.15, 0.2) is 53.4 Å². The molecule has 2 atom stereocenters. The molecule has 0 unspecified atom stereocenters. The van der Waals surface area contributed by atoms with Gasteiger partial charge in [-0.25, -0.2) is 8.42 Å². The lowest BCUT2D eigenvalue weighted by atomic mass is 9.90. The summed E-state index contributed by atoms with van der Waals surface area (Å²) in [5.74, 6) is 1.80. The molecule has 39 heavy (non-hydrogen) atoms. The van der Waals surface area contributed by atoms with E-state index in [1.54, 1.807) is 11.8 Å². The Kier molecular flexibility index (Phi) is 7.96. The minimum atomic E-state index is -2.99. The highest BCUT2D eigenvalue weighted by atomic mass is 32.2. The number of benzene rings is 3. The second-order valence-electron chi connectivity index (χ2n) is 10.6. The first-order valence-electron chi connectivity index (χ1n) is 13.3. The molecule has 1 heterocycles. The maximum Gasteiger partial charge on any atom is 0.303 e. The number of fused-ring (bicyclic) bond motifs is 2. The molecular weight excluding hydrogens is 532 g/mol. The molecule has 0 bridgehead atoms. The number of aryl methyl sites for hydroxylation is 2. The molecule has 0 saturated carbocycles. The third kappa shape index (κ3) is 6.28. The predicted octanol–water partition coefficient (Wildman–Crippen LogP) is 6.51. The van der Waals surface area contributed by atoms with Gasteiger partial charge in [0.15, 0.2) is 0 Å². The van der Waals surface area contributed by atoms with Gasteiger partial charge < -0.3 is 14.6 Å². The monoisotopic (exact) mass is 566 g/mol. The summed E-state index contributed by atoms with van der Waals surface area (Å²) < 4.78 is 35.1. The number of carboxylic acid groups (broad SMARTS) is 1. The molecule has 3 aromatic rings. The molecule has 2 aliphatic rings. The van der Waals surface area contributed by atoms with Gasteiger partial charge in [-0.05, 0) is 96.3 Å². The van der Waals surface area contributed by atoms with E-state index in [1.165, 1.54) is 28.5 Å². The normalized spacial score (nSPS) is 18.0. The predicted molar refractivity (Wildman–Crippen MR) is 155 cm³/mol. The smallest absolute Gasteiger partial charge is 0.303 e. The van der Waals surface area contributed by atoms with Crippen molar-refractivity contribution in [3.8, 4) is 22.6 Å². The van der Waals surface area contributed by atoms with Gasteiger partial charge in [0.25, 0.3) is 0 Å². The Morgan fingerprint density at radius 2 is 1.82 bits per heavy atom. The Balaban J connectivity index is 1.33. The van der Waals surface area contributed by atoms with Gasteiger partial charge in [-0.15, -0.1) is 11.8 Å². The molecule has 0 spiro atoms. The van der Waals surface area contributed by atoms with E-state index < -0.39 is 15.8 Å². The summed E-state index contributed by atoms with van der Waals surface area (Å²) in [5, 5.41) is 9.20. The van der Waals surface area contributed by atoms with Gasteiger partial charge in [0.2, 0.25) is 0 Å². The lowest BCUT2D eigenvalue weighted by Gasteiger charge is -2.19. The molecule has 0 saturated heterocycles. The minimum absolute atomic E-state index is 0.0303. The van der Waals surface area contributed by atoms with E-state index in [1.807, 2.05) is 24.3 Å². The fourth-order valence-electron chi connectivity index (χ4n) is 5.79. The first-order valence-corrected chi connectivity index (χ1v) is 16.3. The Labute approximate surface area is 234 Å². The number of carboxylic acids is 1. The zero-order chi connectivity index (χ0) is 27.7. The van der Waals surface area contributed by atoms with E-state index in [2.05, 4.69) is 38.1 Å². The van der Waals surface area contributed by atoms with Gasteiger partial charge in [0.1, 0.15) is 27.4 Å². The summed E-state index contributed by atoms with van der Waals surface area (Å²) in [6, 6.07) is 16.6. The standard InChI is InChI=1S/C31H34O6S2/c1-19-14-23(36-12-5-13-39(3,34)35)15-20(2)31(19)27-7-4-6-26-25(27)10-11-28(26)37-22-8-9-24-21(16-30(32)33)18-38-29(24)17-22/h4,6-9,14-15,17,21,28H,5,10-13,16,18H2,1-3H3,(H,32,33)/t21-,28-/m1/s1. The van der Waals surface area contributed by atoms with Gasteiger partial charge in [-0.1, -0.05) is 24.3 Å². The van der Waals surface area contributed by atoms with E-state index in [0.717, 1.165) is 51.7 Å². The summed E-state index contributed by atoms with van der Waals surface area (Å²) >= 11 is 1.71. The Morgan fingerprint density at radius 1 is 1.05 bits per heavy atom. The van der Waals surface area contributed by atoms with E-state index in [9.17, 15) is 18.3 Å². The fraction of sp³-hybridized carbons (Fsp3) is 0.387. The maximum absolute atomic E-state index is 11.4. The fourth-order valence-corrected chi connectivity index (χ4v) is 7.71. The lowest BCUT2D eigenvalue weighted by molar-refractivity contribution is -0.137. The van der Waals surface area contributed by atoms with Gasteiger partial charge in [-0.3, -0.25) is 4.79 Å². The number of ether oxygens (including phenoxy) is 2. The number of thioether (sulfide) groups is 1. The third-order valence-corrected chi connectivity index (χ3v) is 9.75. The molecule has 1 aliphatic carbocycles. The van der Waals surface area contributed by atoms with Crippen molar-refractivity contribution < 1.29 is 27.8 Å². The SMILES string of the molecule is Cc1cc(OCCCS(C)(=O)=O)cc(C)c1-c1cccc2c1CC[C@H]2Oc1ccc2c(c1)SC[C@H]2CC(=O)O. The number of aliphatic carboxylic acids is 1. The van der Waals surface area contributed by atoms with Crippen LogP contribution < -0.4 is 9.47 Å². The Morgan fingerprint density at radius 3 is 2.54 bits per heavy atom. The average Bonchev–Trinajstić information content (AvgIpc) is 3.45. The highest BCUT2D eigenvalue weighted by Gasteiger charge is 2.29. The van der Waals surface area contributed by atoms with Gasteiger partial charge >= 0.3 is 5.97 Å². The summed E-state index contributed by atoms with van der Waals surface area (Å²) in [6.07, 6.45) is 3.68. The van der Waals surface area contributed by atoms with Crippen molar-refractivity contribution in [2.24, 2.45) is 0 Å². The number of carbonyl (C=O) groups is 1. The van der Waals surface area contributed by atoms with Crippen LogP contribution in [-0.2, 0) is 21.1 Å². The van der Waals surface area contributed by atoms with Crippen LogP contribution in [-0.4, -0.2) is 43.9 Å². The first kappa shape index (κ1) is 27.6. The third-order valence-electron chi connectivity index (χ3n) is 7.48. The average molecular weight is 567 g/mol. The molecule has 1 N–H and O–H groups in total. The summed E-state index contributed by atoms with van der Waals surface area (Å²) in [5.41, 5.74) is 8.30. The largest absolute Gasteiger partial charge is 0.494 e. The highest BCUT2D eigenvalue weighted by molar-refractivity contribution is 7.99. The van der Waals surface area contributed by atoms with Crippen molar-refractivity contribution in [3.05, 3.63) is 76.3 Å². The van der Waals surface area contributed by atoms with Crippen LogP contribution >= 0.6 is 11.8 Å². The molecule has 0 fully saturated rings.